The number of rotatable bonds is 6. The molecule has 134 valence electrons. The Kier molecular flexibility index (Phi) is 4.79. The zero-order valence-electron chi connectivity index (χ0n) is 15.1. The zero-order chi connectivity index (χ0) is 16.5. The molecule has 24 heavy (non-hydrogen) atoms. The molecule has 2 saturated heterocycles. The van der Waals surface area contributed by atoms with Crippen molar-refractivity contribution < 1.29 is 4.74 Å². The van der Waals surface area contributed by atoms with E-state index in [1.165, 1.54) is 43.7 Å². The van der Waals surface area contributed by atoms with E-state index in [9.17, 15) is 0 Å². The van der Waals surface area contributed by atoms with E-state index in [0.717, 1.165) is 57.0 Å². The van der Waals surface area contributed by atoms with Crippen LogP contribution in [0.2, 0.25) is 0 Å². The Balaban J connectivity index is 1.34. The summed E-state index contributed by atoms with van der Waals surface area (Å²) in [6.45, 7) is 10.3. The number of aromatic nitrogens is 2. The third-order valence-electron chi connectivity index (χ3n) is 5.74. The van der Waals surface area contributed by atoms with Gasteiger partial charge in [-0.25, -0.2) is 0 Å². The number of morpholine rings is 1. The van der Waals surface area contributed by atoms with Gasteiger partial charge in [-0.2, -0.15) is 5.10 Å². The number of nitrogens with zero attached hydrogens (tertiary/aromatic N) is 4. The molecule has 0 aromatic carbocycles. The summed E-state index contributed by atoms with van der Waals surface area (Å²) in [7, 11) is 2.06. The number of nitrogens with one attached hydrogen (secondary N) is 1. The minimum absolute atomic E-state index is 0.814. The first-order chi connectivity index (χ1) is 11.7. The van der Waals surface area contributed by atoms with Crippen molar-refractivity contribution in [3.63, 3.8) is 0 Å². The van der Waals surface area contributed by atoms with Crippen molar-refractivity contribution in [2.75, 3.05) is 50.8 Å². The number of hydrogen-bond acceptors (Lipinski definition) is 5. The summed E-state index contributed by atoms with van der Waals surface area (Å²) < 4.78 is 7.54. The number of likely N-dealkylation sites (tertiary alicyclic amines) is 1. The molecule has 0 unspecified atom stereocenters. The molecule has 2 aliphatic heterocycles. The van der Waals surface area contributed by atoms with E-state index in [0.29, 0.717) is 0 Å². The van der Waals surface area contributed by atoms with Crippen LogP contribution in [0.25, 0.3) is 0 Å². The highest BCUT2D eigenvalue weighted by molar-refractivity contribution is 5.50. The van der Waals surface area contributed by atoms with Gasteiger partial charge in [0, 0.05) is 44.8 Å². The molecule has 1 atom stereocenters. The monoisotopic (exact) mass is 333 g/mol. The highest BCUT2D eigenvalue weighted by atomic mass is 16.5. The fourth-order valence-electron chi connectivity index (χ4n) is 4.27. The van der Waals surface area contributed by atoms with Gasteiger partial charge in [0.15, 0.2) is 0 Å². The first-order valence-corrected chi connectivity index (χ1v) is 9.52. The lowest BCUT2D eigenvalue weighted by atomic mass is 10.1. The second-order valence-corrected chi connectivity index (χ2v) is 7.62. The van der Waals surface area contributed by atoms with Gasteiger partial charge in [0.05, 0.1) is 18.9 Å². The molecule has 1 saturated carbocycles. The quantitative estimate of drug-likeness (QED) is 0.846. The Morgan fingerprint density at radius 1 is 1.17 bits per heavy atom. The van der Waals surface area contributed by atoms with Crippen molar-refractivity contribution in [3.05, 3.63) is 11.3 Å². The summed E-state index contributed by atoms with van der Waals surface area (Å²) in [5.74, 6) is 2.09. The van der Waals surface area contributed by atoms with Crippen molar-refractivity contribution >= 4 is 5.82 Å². The van der Waals surface area contributed by atoms with Gasteiger partial charge in [-0.05, 0) is 45.2 Å². The van der Waals surface area contributed by atoms with Gasteiger partial charge < -0.3 is 19.9 Å². The number of anilines is 1. The average molecular weight is 333 g/mol. The molecule has 1 aromatic heterocycles. The van der Waals surface area contributed by atoms with Crippen LogP contribution in [0.15, 0.2) is 0 Å². The molecule has 6 heteroatoms. The minimum Gasteiger partial charge on any atom is -0.378 e. The van der Waals surface area contributed by atoms with E-state index in [2.05, 4.69) is 34.2 Å². The molecule has 0 amide bonds. The SMILES string of the molecule is Cc1nn(C)c(N2CCOCC2)c1CNC[C@@H]1CCN(C2CC2)C1. The van der Waals surface area contributed by atoms with Gasteiger partial charge in [0.25, 0.3) is 0 Å². The van der Waals surface area contributed by atoms with Crippen LogP contribution < -0.4 is 10.2 Å². The molecule has 4 rings (SSSR count). The van der Waals surface area contributed by atoms with E-state index < -0.39 is 0 Å². The fraction of sp³-hybridized carbons (Fsp3) is 0.833. The average Bonchev–Trinajstić information content (AvgIpc) is 3.26. The van der Waals surface area contributed by atoms with Crippen LogP contribution in [-0.4, -0.2) is 66.7 Å². The van der Waals surface area contributed by atoms with Crippen molar-refractivity contribution in [3.8, 4) is 0 Å². The van der Waals surface area contributed by atoms with Gasteiger partial charge in [-0.3, -0.25) is 4.68 Å². The van der Waals surface area contributed by atoms with Crippen LogP contribution in [-0.2, 0) is 18.3 Å². The van der Waals surface area contributed by atoms with Crippen LogP contribution in [0, 0.1) is 12.8 Å². The topological polar surface area (TPSA) is 45.6 Å². The number of aryl methyl sites for hydroxylation is 2. The maximum atomic E-state index is 5.50. The lowest BCUT2D eigenvalue weighted by Crippen LogP contribution is -2.38. The van der Waals surface area contributed by atoms with Gasteiger partial charge in [-0.1, -0.05) is 0 Å². The Morgan fingerprint density at radius 2 is 1.96 bits per heavy atom. The van der Waals surface area contributed by atoms with E-state index in [1.54, 1.807) is 0 Å². The summed E-state index contributed by atoms with van der Waals surface area (Å²) in [4.78, 5) is 5.12. The van der Waals surface area contributed by atoms with E-state index in [4.69, 9.17) is 4.74 Å². The molecule has 0 radical (unpaired) electrons. The van der Waals surface area contributed by atoms with E-state index in [-0.39, 0.29) is 0 Å². The second-order valence-electron chi connectivity index (χ2n) is 7.62. The third kappa shape index (κ3) is 3.46. The molecule has 3 heterocycles. The molecule has 1 aromatic rings. The third-order valence-corrected chi connectivity index (χ3v) is 5.74. The van der Waals surface area contributed by atoms with Crippen LogP contribution >= 0.6 is 0 Å². The predicted molar refractivity (Wildman–Crippen MR) is 95.4 cm³/mol. The zero-order valence-corrected chi connectivity index (χ0v) is 15.1. The standard InChI is InChI=1S/C18H31N5O/c1-14-17(18(21(2)20-14)22-7-9-24-10-8-22)12-19-11-15-5-6-23(13-15)16-3-4-16/h15-16,19H,3-13H2,1-2H3/t15-/m0/s1. The van der Waals surface area contributed by atoms with Crippen molar-refractivity contribution in [2.24, 2.45) is 13.0 Å². The van der Waals surface area contributed by atoms with Crippen molar-refractivity contribution in [1.82, 2.24) is 20.0 Å². The fourth-order valence-corrected chi connectivity index (χ4v) is 4.27. The summed E-state index contributed by atoms with van der Waals surface area (Å²) in [5, 5.41) is 8.39. The maximum absolute atomic E-state index is 5.50. The van der Waals surface area contributed by atoms with Gasteiger partial charge in [-0.15, -0.1) is 0 Å². The maximum Gasteiger partial charge on any atom is 0.131 e. The first-order valence-electron chi connectivity index (χ1n) is 9.52. The van der Waals surface area contributed by atoms with Crippen LogP contribution in [0.1, 0.15) is 30.5 Å². The largest absolute Gasteiger partial charge is 0.378 e. The van der Waals surface area contributed by atoms with E-state index in [1.807, 2.05) is 4.68 Å². The van der Waals surface area contributed by atoms with Gasteiger partial charge >= 0.3 is 0 Å². The Labute approximate surface area is 145 Å². The second kappa shape index (κ2) is 7.02. The molecular weight excluding hydrogens is 302 g/mol. The molecule has 0 spiro atoms. The van der Waals surface area contributed by atoms with Crippen molar-refractivity contribution in [1.29, 1.82) is 0 Å². The minimum atomic E-state index is 0.814. The molecule has 6 nitrogen and oxygen atoms in total. The van der Waals surface area contributed by atoms with E-state index >= 15 is 0 Å². The summed E-state index contributed by atoms with van der Waals surface area (Å²) >= 11 is 0. The normalized spacial score (nSPS) is 25.6. The van der Waals surface area contributed by atoms with Crippen molar-refractivity contribution in [2.45, 2.75) is 38.8 Å². The Morgan fingerprint density at radius 3 is 2.71 bits per heavy atom. The Bertz CT molecular complexity index is 562. The van der Waals surface area contributed by atoms with Crippen LogP contribution in [0.3, 0.4) is 0 Å². The molecular formula is C18H31N5O. The lowest BCUT2D eigenvalue weighted by molar-refractivity contribution is 0.122. The smallest absolute Gasteiger partial charge is 0.131 e. The predicted octanol–water partition coefficient (Wildman–Crippen LogP) is 1.14. The molecule has 1 aliphatic carbocycles. The van der Waals surface area contributed by atoms with Gasteiger partial charge in [0.1, 0.15) is 5.82 Å². The van der Waals surface area contributed by atoms with Crippen LogP contribution in [0.4, 0.5) is 5.82 Å². The Hall–Kier alpha value is -1.11. The van der Waals surface area contributed by atoms with Crippen LogP contribution in [0.5, 0.6) is 0 Å². The molecule has 1 N–H and O–H groups in total. The number of hydrogen-bond donors (Lipinski definition) is 1. The van der Waals surface area contributed by atoms with Gasteiger partial charge in [0.2, 0.25) is 0 Å². The molecule has 3 aliphatic rings. The highest BCUT2D eigenvalue weighted by Gasteiger charge is 2.34. The summed E-state index contributed by atoms with van der Waals surface area (Å²) in [6, 6.07) is 0.920. The summed E-state index contributed by atoms with van der Waals surface area (Å²) in [6.07, 6.45) is 4.21. The molecule has 3 fully saturated rings. The lowest BCUT2D eigenvalue weighted by Gasteiger charge is -2.29. The molecule has 0 bridgehead atoms. The first kappa shape index (κ1) is 16.4. The summed E-state index contributed by atoms with van der Waals surface area (Å²) in [5.41, 5.74) is 2.51. The highest BCUT2D eigenvalue weighted by Crippen LogP contribution is 2.31. The number of ether oxygens (including phenoxy) is 1.